The Morgan fingerprint density at radius 1 is 1.19 bits per heavy atom. The van der Waals surface area contributed by atoms with E-state index in [1.165, 1.54) is 0 Å². The molecule has 0 amide bonds. The number of benzene rings is 1. The molecular formula is C12H12N2OS. The number of hydrogen-bond acceptors (Lipinski definition) is 3. The fourth-order valence-electron chi connectivity index (χ4n) is 1.34. The first-order chi connectivity index (χ1) is 7.75. The van der Waals surface area contributed by atoms with Gasteiger partial charge in [0.2, 0.25) is 0 Å². The van der Waals surface area contributed by atoms with Gasteiger partial charge in [0.05, 0.1) is 16.6 Å². The van der Waals surface area contributed by atoms with Crippen molar-refractivity contribution in [3.8, 4) is 0 Å². The van der Waals surface area contributed by atoms with Gasteiger partial charge in [-0.3, -0.25) is 9.19 Å². The topological polar surface area (TPSA) is 56.0 Å². The lowest BCUT2D eigenvalue weighted by molar-refractivity contribution is 0.682. The maximum atomic E-state index is 12.0. The predicted octanol–water partition coefficient (Wildman–Crippen LogP) is 1.97. The highest BCUT2D eigenvalue weighted by molar-refractivity contribution is 7.84. The standard InChI is InChI=1S/C12H12N2OS/c13-11-3-5-12(6-4-11)16(15)9-10-2-1-7-14-8-10/h1-8H,9,13H2. The van der Waals surface area contributed by atoms with Crippen LogP contribution in [0.5, 0.6) is 0 Å². The molecule has 1 atom stereocenters. The third-order valence-electron chi connectivity index (χ3n) is 2.16. The zero-order valence-electron chi connectivity index (χ0n) is 8.67. The van der Waals surface area contributed by atoms with Crippen LogP contribution < -0.4 is 5.73 Å². The normalized spacial score (nSPS) is 12.2. The van der Waals surface area contributed by atoms with Gasteiger partial charge >= 0.3 is 0 Å². The van der Waals surface area contributed by atoms with Crippen molar-refractivity contribution < 1.29 is 4.21 Å². The molecule has 0 aliphatic heterocycles. The molecule has 0 bridgehead atoms. The van der Waals surface area contributed by atoms with Crippen LogP contribution in [0.2, 0.25) is 0 Å². The van der Waals surface area contributed by atoms with E-state index in [1.54, 1.807) is 36.7 Å². The van der Waals surface area contributed by atoms with Crippen molar-refractivity contribution in [2.24, 2.45) is 0 Å². The average molecular weight is 232 g/mol. The van der Waals surface area contributed by atoms with Crippen LogP contribution in [0.1, 0.15) is 5.56 Å². The lowest BCUT2D eigenvalue weighted by Crippen LogP contribution is -1.97. The first kappa shape index (κ1) is 10.8. The van der Waals surface area contributed by atoms with Crippen molar-refractivity contribution in [1.29, 1.82) is 0 Å². The molecule has 4 heteroatoms. The summed E-state index contributed by atoms with van der Waals surface area (Å²) in [4.78, 5) is 4.78. The quantitative estimate of drug-likeness (QED) is 0.823. The fourth-order valence-corrected chi connectivity index (χ4v) is 2.42. The molecule has 1 aromatic heterocycles. The summed E-state index contributed by atoms with van der Waals surface area (Å²) in [5.41, 5.74) is 7.22. The second-order valence-corrected chi connectivity index (χ2v) is 4.87. The van der Waals surface area contributed by atoms with Gasteiger partial charge in [-0.1, -0.05) is 6.07 Å². The summed E-state index contributed by atoms with van der Waals surface area (Å²) in [6, 6.07) is 10.9. The molecule has 1 heterocycles. The average Bonchev–Trinajstić information content (AvgIpc) is 2.31. The number of aromatic nitrogens is 1. The molecule has 2 aromatic rings. The van der Waals surface area contributed by atoms with Gasteiger partial charge in [0.25, 0.3) is 0 Å². The Bertz CT molecular complexity index is 482. The largest absolute Gasteiger partial charge is 0.399 e. The molecule has 2 rings (SSSR count). The van der Waals surface area contributed by atoms with E-state index in [9.17, 15) is 4.21 Å². The SMILES string of the molecule is Nc1ccc(S(=O)Cc2cccnc2)cc1. The molecular weight excluding hydrogens is 220 g/mol. The van der Waals surface area contributed by atoms with Gasteiger partial charge in [-0.25, -0.2) is 0 Å². The van der Waals surface area contributed by atoms with E-state index in [2.05, 4.69) is 4.98 Å². The van der Waals surface area contributed by atoms with E-state index in [0.29, 0.717) is 11.4 Å². The minimum atomic E-state index is -1.04. The molecule has 3 nitrogen and oxygen atoms in total. The lowest BCUT2D eigenvalue weighted by Gasteiger charge is -2.02. The zero-order valence-corrected chi connectivity index (χ0v) is 9.48. The fraction of sp³-hybridized carbons (Fsp3) is 0.0833. The summed E-state index contributed by atoms with van der Waals surface area (Å²) in [7, 11) is -1.04. The minimum Gasteiger partial charge on any atom is -0.399 e. The Kier molecular flexibility index (Phi) is 3.31. The number of rotatable bonds is 3. The zero-order chi connectivity index (χ0) is 11.4. The van der Waals surface area contributed by atoms with Crippen molar-refractivity contribution in [3.63, 3.8) is 0 Å². The van der Waals surface area contributed by atoms with Gasteiger partial charge in [0.15, 0.2) is 0 Å². The van der Waals surface area contributed by atoms with Crippen LogP contribution in [-0.2, 0) is 16.6 Å². The van der Waals surface area contributed by atoms with Gasteiger partial charge in [0.1, 0.15) is 0 Å². The molecule has 2 N–H and O–H groups in total. The maximum absolute atomic E-state index is 12.0. The first-order valence-corrected chi connectivity index (χ1v) is 6.20. The van der Waals surface area contributed by atoms with Crippen molar-refractivity contribution in [2.75, 3.05) is 5.73 Å². The molecule has 0 aliphatic rings. The molecule has 0 saturated carbocycles. The number of nitrogen functional groups attached to an aromatic ring is 1. The smallest absolute Gasteiger partial charge is 0.0574 e. The number of pyridine rings is 1. The molecule has 0 fully saturated rings. The van der Waals surface area contributed by atoms with Crippen LogP contribution in [0.4, 0.5) is 5.69 Å². The van der Waals surface area contributed by atoms with Crippen molar-refractivity contribution in [1.82, 2.24) is 4.98 Å². The van der Waals surface area contributed by atoms with Crippen LogP contribution in [0.25, 0.3) is 0 Å². The maximum Gasteiger partial charge on any atom is 0.0574 e. The Balaban J connectivity index is 2.12. The highest BCUT2D eigenvalue weighted by Gasteiger charge is 2.04. The van der Waals surface area contributed by atoms with Crippen LogP contribution >= 0.6 is 0 Å². The van der Waals surface area contributed by atoms with Gasteiger partial charge in [-0.05, 0) is 35.9 Å². The molecule has 1 unspecified atom stereocenters. The lowest BCUT2D eigenvalue weighted by atomic mass is 10.3. The van der Waals surface area contributed by atoms with E-state index < -0.39 is 10.8 Å². The van der Waals surface area contributed by atoms with E-state index in [0.717, 1.165) is 10.5 Å². The number of anilines is 1. The monoisotopic (exact) mass is 232 g/mol. The molecule has 1 aromatic carbocycles. The Labute approximate surface area is 96.8 Å². The minimum absolute atomic E-state index is 0.484. The second-order valence-electron chi connectivity index (χ2n) is 3.42. The number of hydrogen-bond donors (Lipinski definition) is 1. The second kappa shape index (κ2) is 4.90. The van der Waals surface area contributed by atoms with Gasteiger partial charge in [-0.15, -0.1) is 0 Å². The Morgan fingerprint density at radius 2 is 1.94 bits per heavy atom. The molecule has 0 saturated heterocycles. The third kappa shape index (κ3) is 2.67. The van der Waals surface area contributed by atoms with Gasteiger partial charge < -0.3 is 5.73 Å². The van der Waals surface area contributed by atoms with Crippen molar-refractivity contribution >= 4 is 16.5 Å². The Morgan fingerprint density at radius 3 is 2.56 bits per heavy atom. The van der Waals surface area contributed by atoms with E-state index in [4.69, 9.17) is 5.73 Å². The van der Waals surface area contributed by atoms with Crippen LogP contribution in [0.15, 0.2) is 53.7 Å². The first-order valence-electron chi connectivity index (χ1n) is 4.88. The number of nitrogens with zero attached hydrogens (tertiary/aromatic N) is 1. The van der Waals surface area contributed by atoms with Gasteiger partial charge in [0, 0.05) is 23.0 Å². The number of nitrogens with two attached hydrogens (primary N) is 1. The van der Waals surface area contributed by atoms with Crippen LogP contribution in [0, 0.1) is 0 Å². The Hall–Kier alpha value is -1.68. The molecule has 16 heavy (non-hydrogen) atoms. The third-order valence-corrected chi connectivity index (χ3v) is 3.56. The summed E-state index contributed by atoms with van der Waals surface area (Å²) in [5, 5.41) is 0. The molecule has 82 valence electrons. The summed E-state index contributed by atoms with van der Waals surface area (Å²) in [6.45, 7) is 0. The summed E-state index contributed by atoms with van der Waals surface area (Å²) in [6.07, 6.45) is 3.44. The highest BCUT2D eigenvalue weighted by Crippen LogP contribution is 2.13. The molecule has 0 radical (unpaired) electrons. The van der Waals surface area contributed by atoms with Gasteiger partial charge in [-0.2, -0.15) is 0 Å². The van der Waals surface area contributed by atoms with E-state index >= 15 is 0 Å². The van der Waals surface area contributed by atoms with E-state index in [1.807, 2.05) is 12.1 Å². The van der Waals surface area contributed by atoms with E-state index in [-0.39, 0.29) is 0 Å². The highest BCUT2D eigenvalue weighted by atomic mass is 32.2. The van der Waals surface area contributed by atoms with Crippen LogP contribution in [-0.4, -0.2) is 9.19 Å². The summed E-state index contributed by atoms with van der Waals surface area (Å²) >= 11 is 0. The summed E-state index contributed by atoms with van der Waals surface area (Å²) in [5.74, 6) is 0.484. The summed E-state index contributed by atoms with van der Waals surface area (Å²) < 4.78 is 12.0. The van der Waals surface area contributed by atoms with Crippen LogP contribution in [0.3, 0.4) is 0 Å². The predicted molar refractivity (Wildman–Crippen MR) is 65.2 cm³/mol. The van der Waals surface area contributed by atoms with Crippen molar-refractivity contribution in [3.05, 3.63) is 54.4 Å². The van der Waals surface area contributed by atoms with Crippen molar-refractivity contribution in [2.45, 2.75) is 10.6 Å². The molecule has 0 aliphatic carbocycles. The molecule has 0 spiro atoms.